The van der Waals surface area contributed by atoms with E-state index >= 15 is 0 Å². The molecule has 2 aromatic rings. The number of benzene rings is 1. The van der Waals surface area contributed by atoms with Crippen LogP contribution in [0.4, 0.5) is 0 Å². The van der Waals surface area contributed by atoms with E-state index in [1.165, 1.54) is 16.7 Å². The van der Waals surface area contributed by atoms with E-state index in [4.69, 9.17) is 14.6 Å². The second-order valence-corrected chi connectivity index (χ2v) is 6.59. The van der Waals surface area contributed by atoms with Crippen molar-refractivity contribution in [2.45, 2.75) is 13.5 Å². The Labute approximate surface area is 169 Å². The monoisotopic (exact) mass is 414 g/mol. The fraction of sp³-hybridized carbons (Fsp3) is 0.200. The molecule has 1 aromatic heterocycles. The van der Waals surface area contributed by atoms with E-state index in [-0.39, 0.29) is 33.5 Å². The molecule has 0 amide bonds. The Bertz CT molecular complexity index is 1150. The third kappa shape index (κ3) is 5.21. The van der Waals surface area contributed by atoms with Crippen LogP contribution in [0.3, 0.4) is 0 Å². The summed E-state index contributed by atoms with van der Waals surface area (Å²) in [4.78, 5) is 35.7. The van der Waals surface area contributed by atoms with E-state index in [1.807, 2.05) is 0 Å². The van der Waals surface area contributed by atoms with E-state index in [1.54, 1.807) is 37.3 Å². The van der Waals surface area contributed by atoms with Gasteiger partial charge in [0.25, 0.3) is 5.56 Å². The highest BCUT2D eigenvalue weighted by molar-refractivity contribution is 7.07. The van der Waals surface area contributed by atoms with Crippen LogP contribution in [0.5, 0.6) is 5.75 Å². The van der Waals surface area contributed by atoms with Gasteiger partial charge in [-0.05, 0) is 19.1 Å². The maximum absolute atomic E-state index is 12.8. The van der Waals surface area contributed by atoms with Gasteiger partial charge >= 0.3 is 11.9 Å². The molecule has 0 spiro atoms. The van der Waals surface area contributed by atoms with Gasteiger partial charge < -0.3 is 14.6 Å². The van der Waals surface area contributed by atoms with Gasteiger partial charge in [0.1, 0.15) is 23.1 Å². The fourth-order valence-electron chi connectivity index (χ4n) is 2.39. The summed E-state index contributed by atoms with van der Waals surface area (Å²) in [5.41, 5.74) is -0.162. The molecule has 0 aliphatic rings. The minimum Gasteiger partial charge on any atom is -0.481 e. The summed E-state index contributed by atoms with van der Waals surface area (Å²) in [5, 5.41) is 18.2. The van der Waals surface area contributed by atoms with Crippen molar-refractivity contribution >= 4 is 34.9 Å². The van der Waals surface area contributed by atoms with Crippen LogP contribution in [0.25, 0.3) is 11.6 Å². The van der Waals surface area contributed by atoms with Crippen LogP contribution in [0.2, 0.25) is 0 Å². The largest absolute Gasteiger partial charge is 0.481 e. The SMILES string of the molecule is C=CCOC(=O)/C(C#N)=c1\s/c(=C\c2ccccc2OCC(=O)O)c(=O)n1CC. The van der Waals surface area contributed by atoms with Crippen molar-refractivity contribution in [3.05, 3.63) is 62.0 Å². The standard InChI is InChI=1S/C20H18N2O6S/c1-3-9-27-20(26)14(11-21)19-22(4-2)18(25)16(29-19)10-13-7-5-6-8-15(13)28-12-17(23)24/h3,5-8,10H,1,4,9,12H2,2H3,(H,23,24)/b16-10-,19-14-. The summed E-state index contributed by atoms with van der Waals surface area (Å²) < 4.78 is 11.9. The maximum atomic E-state index is 12.8. The molecule has 1 heterocycles. The van der Waals surface area contributed by atoms with E-state index in [0.29, 0.717) is 11.3 Å². The molecule has 9 heteroatoms. The molecule has 0 fully saturated rings. The topological polar surface area (TPSA) is 119 Å². The van der Waals surface area contributed by atoms with Gasteiger partial charge in [0, 0.05) is 12.1 Å². The number of nitriles is 1. The van der Waals surface area contributed by atoms with Gasteiger partial charge in [-0.2, -0.15) is 5.26 Å². The predicted octanol–water partition coefficient (Wildman–Crippen LogP) is 0.625. The summed E-state index contributed by atoms with van der Waals surface area (Å²) in [6.07, 6.45) is 2.91. The number of ether oxygens (including phenoxy) is 2. The molecular formula is C20H18N2O6S. The number of esters is 1. The average Bonchev–Trinajstić information content (AvgIpc) is 3.01. The Hall–Kier alpha value is -3.64. The number of hydrogen-bond donors (Lipinski definition) is 1. The van der Waals surface area contributed by atoms with Gasteiger partial charge in [-0.15, -0.1) is 11.3 Å². The molecule has 0 unspecified atom stereocenters. The molecule has 150 valence electrons. The van der Waals surface area contributed by atoms with Gasteiger partial charge in [-0.1, -0.05) is 30.9 Å². The van der Waals surface area contributed by atoms with E-state index < -0.39 is 18.5 Å². The predicted molar refractivity (Wildman–Crippen MR) is 107 cm³/mol. The molecule has 0 saturated heterocycles. The molecule has 1 N–H and O–H groups in total. The highest BCUT2D eigenvalue weighted by Crippen LogP contribution is 2.18. The Morgan fingerprint density at radius 1 is 1.38 bits per heavy atom. The van der Waals surface area contributed by atoms with Gasteiger partial charge in [-0.25, -0.2) is 9.59 Å². The lowest BCUT2D eigenvalue weighted by atomic mass is 10.2. The molecule has 2 rings (SSSR count). The van der Waals surface area contributed by atoms with Gasteiger partial charge in [0.15, 0.2) is 12.2 Å². The van der Waals surface area contributed by atoms with E-state index in [0.717, 1.165) is 11.3 Å². The zero-order valence-corrected chi connectivity index (χ0v) is 16.4. The van der Waals surface area contributed by atoms with Crippen LogP contribution in [0.1, 0.15) is 12.5 Å². The number of rotatable bonds is 8. The lowest BCUT2D eigenvalue weighted by Crippen LogP contribution is -2.32. The van der Waals surface area contributed by atoms with E-state index in [9.17, 15) is 19.6 Å². The third-order valence-corrected chi connectivity index (χ3v) is 4.77. The minimum atomic E-state index is -1.13. The number of carbonyl (C=O) groups is 2. The molecule has 0 bridgehead atoms. The lowest BCUT2D eigenvalue weighted by Gasteiger charge is -2.05. The first-order chi connectivity index (χ1) is 13.9. The summed E-state index contributed by atoms with van der Waals surface area (Å²) in [6, 6.07) is 8.45. The van der Waals surface area contributed by atoms with E-state index in [2.05, 4.69) is 6.58 Å². The molecule has 0 atom stereocenters. The first-order valence-corrected chi connectivity index (χ1v) is 9.32. The number of thiazole rings is 1. The number of hydrogen-bond acceptors (Lipinski definition) is 7. The summed E-state index contributed by atoms with van der Waals surface area (Å²) >= 11 is 0.970. The molecule has 0 saturated carbocycles. The van der Waals surface area contributed by atoms with Crippen molar-refractivity contribution in [1.29, 1.82) is 5.26 Å². The van der Waals surface area contributed by atoms with Crippen LogP contribution in [-0.2, 0) is 20.9 Å². The first kappa shape index (κ1) is 21.7. The zero-order chi connectivity index (χ0) is 21.4. The molecule has 29 heavy (non-hydrogen) atoms. The van der Waals surface area contributed by atoms with Crippen molar-refractivity contribution in [2.75, 3.05) is 13.2 Å². The third-order valence-electron chi connectivity index (χ3n) is 3.64. The Kier molecular flexibility index (Phi) is 7.51. The highest BCUT2D eigenvalue weighted by atomic mass is 32.1. The van der Waals surface area contributed by atoms with Crippen LogP contribution < -0.4 is 19.5 Å². The molecule has 8 nitrogen and oxygen atoms in total. The van der Waals surface area contributed by atoms with Gasteiger partial charge in [0.2, 0.25) is 0 Å². The lowest BCUT2D eigenvalue weighted by molar-refractivity contribution is -0.139. The second kappa shape index (κ2) is 10.1. The van der Waals surface area contributed by atoms with Gasteiger partial charge in [0.05, 0.1) is 4.53 Å². The number of aromatic nitrogens is 1. The number of carbonyl (C=O) groups excluding carboxylic acids is 1. The second-order valence-electron chi connectivity index (χ2n) is 5.56. The highest BCUT2D eigenvalue weighted by Gasteiger charge is 2.16. The van der Waals surface area contributed by atoms with Crippen molar-refractivity contribution in [2.24, 2.45) is 0 Å². The smallest absolute Gasteiger partial charge is 0.352 e. The molecule has 1 aromatic carbocycles. The molecule has 0 radical (unpaired) electrons. The Morgan fingerprint density at radius 2 is 2.10 bits per heavy atom. The number of aliphatic carboxylic acids is 1. The van der Waals surface area contributed by atoms with Gasteiger partial charge in [-0.3, -0.25) is 9.36 Å². The van der Waals surface area contributed by atoms with Crippen molar-refractivity contribution in [3.8, 4) is 11.8 Å². The summed E-state index contributed by atoms with van der Waals surface area (Å²) in [6.45, 7) is 4.83. The zero-order valence-electron chi connectivity index (χ0n) is 15.6. The first-order valence-electron chi connectivity index (χ1n) is 8.50. The molecular weight excluding hydrogens is 396 g/mol. The Morgan fingerprint density at radius 3 is 2.72 bits per heavy atom. The number of para-hydroxylation sites is 1. The van der Waals surface area contributed by atoms with Crippen molar-refractivity contribution in [1.82, 2.24) is 4.57 Å². The number of carboxylic acid groups (broad SMARTS) is 1. The van der Waals surface area contributed by atoms with Crippen molar-refractivity contribution < 1.29 is 24.2 Å². The minimum absolute atomic E-state index is 0.0565. The van der Waals surface area contributed by atoms with Crippen LogP contribution in [0.15, 0.2) is 41.7 Å². The molecule has 0 aliphatic carbocycles. The molecule has 0 aliphatic heterocycles. The average molecular weight is 414 g/mol. The quantitative estimate of drug-likeness (QED) is 0.497. The normalized spacial score (nSPS) is 12.1. The number of carboxylic acids is 1. The van der Waals surface area contributed by atoms with Crippen molar-refractivity contribution in [3.63, 3.8) is 0 Å². The number of nitrogens with zero attached hydrogens (tertiary/aromatic N) is 2. The summed E-state index contributed by atoms with van der Waals surface area (Å²) in [5.74, 6) is -1.67. The fourth-order valence-corrected chi connectivity index (χ4v) is 3.54. The maximum Gasteiger partial charge on any atom is 0.352 e. The van der Waals surface area contributed by atoms with Crippen LogP contribution >= 0.6 is 11.3 Å². The summed E-state index contributed by atoms with van der Waals surface area (Å²) in [7, 11) is 0. The Balaban J connectivity index is 2.66. The van der Waals surface area contributed by atoms with Crippen LogP contribution in [0, 0.1) is 11.3 Å². The van der Waals surface area contributed by atoms with Crippen LogP contribution in [-0.4, -0.2) is 34.8 Å².